The van der Waals surface area contributed by atoms with E-state index in [4.69, 9.17) is 11.6 Å². The molecule has 0 aliphatic heterocycles. The summed E-state index contributed by atoms with van der Waals surface area (Å²) in [6.07, 6.45) is 0.753. The Balaban J connectivity index is 1.65. The molecule has 0 aliphatic carbocycles. The van der Waals surface area contributed by atoms with E-state index in [1.54, 1.807) is 24.3 Å². The maximum absolute atomic E-state index is 12.9. The summed E-state index contributed by atoms with van der Waals surface area (Å²) in [4.78, 5) is 25.6. The van der Waals surface area contributed by atoms with Crippen molar-refractivity contribution >= 4 is 23.4 Å². The smallest absolute Gasteiger partial charge is 0.253 e. The number of carbonyl (C=O) groups is 2. The van der Waals surface area contributed by atoms with Gasteiger partial charge in [-0.1, -0.05) is 98.2 Å². The number of hydrogen-bond donors (Lipinski definition) is 2. The lowest BCUT2D eigenvalue weighted by atomic mass is 9.88. The molecule has 0 radical (unpaired) electrons. The molecule has 166 valence electrons. The largest absolute Gasteiger partial charge is 0.354 e. The molecule has 2 N–H and O–H groups in total. The van der Waals surface area contributed by atoms with Crippen LogP contribution in [0.1, 0.15) is 47.7 Å². The number of carbonyl (C=O) groups excluding carboxylic acids is 2. The van der Waals surface area contributed by atoms with Gasteiger partial charge in [-0.3, -0.25) is 9.59 Å². The first-order valence-electron chi connectivity index (χ1n) is 10.9. The molecule has 0 fully saturated rings. The minimum Gasteiger partial charge on any atom is -0.354 e. The number of hydrogen-bond acceptors (Lipinski definition) is 2. The lowest BCUT2D eigenvalue weighted by Gasteiger charge is -2.23. The van der Waals surface area contributed by atoms with Gasteiger partial charge in [-0.05, 0) is 35.6 Å². The lowest BCUT2D eigenvalue weighted by Crippen LogP contribution is -2.50. The summed E-state index contributed by atoms with van der Waals surface area (Å²) in [5, 5.41) is 6.22. The lowest BCUT2D eigenvalue weighted by molar-refractivity contribution is -0.123. The van der Waals surface area contributed by atoms with Gasteiger partial charge < -0.3 is 10.6 Å². The second-order valence-electron chi connectivity index (χ2n) is 8.13. The fraction of sp³-hybridized carbons (Fsp3) is 0.259. The zero-order chi connectivity index (χ0) is 22.9. The van der Waals surface area contributed by atoms with E-state index in [0.717, 1.165) is 6.42 Å². The molecule has 3 rings (SSSR count). The van der Waals surface area contributed by atoms with Crippen molar-refractivity contribution in [2.75, 3.05) is 6.54 Å². The Bertz CT molecular complexity index is 983. The molecule has 3 aromatic rings. The van der Waals surface area contributed by atoms with E-state index < -0.39 is 6.04 Å². The molecule has 0 saturated carbocycles. The maximum atomic E-state index is 12.9. The molecule has 0 heterocycles. The molecular weight excluding hydrogens is 420 g/mol. The van der Waals surface area contributed by atoms with Crippen LogP contribution in [0.5, 0.6) is 0 Å². The third-order valence-electron chi connectivity index (χ3n) is 5.49. The van der Waals surface area contributed by atoms with Crippen LogP contribution in [0.4, 0.5) is 0 Å². The molecule has 1 unspecified atom stereocenters. The molecule has 0 aliphatic rings. The number of halogens is 1. The van der Waals surface area contributed by atoms with Crippen LogP contribution in [-0.2, 0) is 4.79 Å². The van der Waals surface area contributed by atoms with Crippen molar-refractivity contribution in [3.8, 4) is 0 Å². The minimum atomic E-state index is -0.648. The average molecular weight is 449 g/mol. The Morgan fingerprint density at radius 3 is 1.88 bits per heavy atom. The van der Waals surface area contributed by atoms with Gasteiger partial charge in [0.25, 0.3) is 5.91 Å². The van der Waals surface area contributed by atoms with Crippen LogP contribution >= 0.6 is 11.6 Å². The van der Waals surface area contributed by atoms with E-state index in [1.165, 1.54) is 11.1 Å². The van der Waals surface area contributed by atoms with E-state index in [9.17, 15) is 9.59 Å². The molecule has 3 aromatic carbocycles. The summed E-state index contributed by atoms with van der Waals surface area (Å²) in [7, 11) is 0. The van der Waals surface area contributed by atoms with Crippen LogP contribution in [0.2, 0.25) is 5.02 Å². The first-order chi connectivity index (χ1) is 15.5. The fourth-order valence-corrected chi connectivity index (χ4v) is 3.97. The van der Waals surface area contributed by atoms with E-state index in [-0.39, 0.29) is 23.7 Å². The highest BCUT2D eigenvalue weighted by Crippen LogP contribution is 2.27. The van der Waals surface area contributed by atoms with Gasteiger partial charge in [0, 0.05) is 12.5 Å². The molecule has 5 heteroatoms. The molecule has 2 amide bonds. The van der Waals surface area contributed by atoms with Gasteiger partial charge in [0.05, 0.1) is 10.6 Å². The highest BCUT2D eigenvalue weighted by molar-refractivity contribution is 6.33. The van der Waals surface area contributed by atoms with Crippen LogP contribution < -0.4 is 10.6 Å². The summed E-state index contributed by atoms with van der Waals surface area (Å²) >= 11 is 6.14. The van der Waals surface area contributed by atoms with E-state index in [1.807, 2.05) is 50.2 Å². The molecule has 4 nitrogen and oxygen atoms in total. The first kappa shape index (κ1) is 23.6. The van der Waals surface area contributed by atoms with Crippen molar-refractivity contribution in [2.45, 2.75) is 32.2 Å². The summed E-state index contributed by atoms with van der Waals surface area (Å²) in [6.45, 7) is 4.32. The van der Waals surface area contributed by atoms with E-state index in [2.05, 4.69) is 34.9 Å². The third-order valence-corrected chi connectivity index (χ3v) is 5.82. The van der Waals surface area contributed by atoms with Crippen molar-refractivity contribution in [1.29, 1.82) is 0 Å². The number of rotatable bonds is 9. The number of amides is 2. The Morgan fingerprint density at radius 2 is 1.34 bits per heavy atom. The van der Waals surface area contributed by atoms with Crippen molar-refractivity contribution in [1.82, 2.24) is 10.6 Å². The van der Waals surface area contributed by atoms with Gasteiger partial charge >= 0.3 is 0 Å². The molecule has 0 bridgehead atoms. The Kier molecular flexibility index (Phi) is 8.46. The average Bonchev–Trinajstić information content (AvgIpc) is 2.81. The second kappa shape index (κ2) is 11.5. The molecule has 0 saturated heterocycles. The van der Waals surface area contributed by atoms with Crippen molar-refractivity contribution in [2.24, 2.45) is 5.92 Å². The molecular formula is C27H29ClN2O2. The Morgan fingerprint density at radius 1 is 0.812 bits per heavy atom. The van der Waals surface area contributed by atoms with Gasteiger partial charge in [0.1, 0.15) is 6.04 Å². The second-order valence-corrected chi connectivity index (χ2v) is 8.54. The highest BCUT2D eigenvalue weighted by Gasteiger charge is 2.25. The van der Waals surface area contributed by atoms with Crippen LogP contribution in [0.25, 0.3) is 0 Å². The normalized spacial score (nSPS) is 11.9. The van der Waals surface area contributed by atoms with Gasteiger partial charge in [-0.2, -0.15) is 0 Å². The quantitative estimate of drug-likeness (QED) is 0.458. The Hall–Kier alpha value is -3.11. The van der Waals surface area contributed by atoms with Crippen LogP contribution in [0.3, 0.4) is 0 Å². The minimum absolute atomic E-state index is 0.0690. The standard InChI is InChI=1S/C27H29ClN2O2/c1-19(2)25(30-26(31)23-15-9-10-16-24(23)28)27(32)29-18-17-22(20-11-5-3-6-12-20)21-13-7-4-8-14-21/h3-16,19,22,25H,17-18H2,1-2H3,(H,29,32)(H,30,31). The van der Waals surface area contributed by atoms with E-state index in [0.29, 0.717) is 17.1 Å². The van der Waals surface area contributed by atoms with Gasteiger partial charge in [0.2, 0.25) is 5.91 Å². The SMILES string of the molecule is CC(C)C(NC(=O)c1ccccc1Cl)C(=O)NCCC(c1ccccc1)c1ccccc1. The zero-order valence-electron chi connectivity index (χ0n) is 18.4. The zero-order valence-corrected chi connectivity index (χ0v) is 19.2. The van der Waals surface area contributed by atoms with Gasteiger partial charge in [0.15, 0.2) is 0 Å². The number of benzene rings is 3. The van der Waals surface area contributed by atoms with Crippen molar-refractivity contribution < 1.29 is 9.59 Å². The fourth-order valence-electron chi connectivity index (χ4n) is 3.75. The summed E-state index contributed by atoms with van der Waals surface area (Å²) in [5.74, 6) is -0.440. The topological polar surface area (TPSA) is 58.2 Å². The Labute approximate surface area is 195 Å². The van der Waals surface area contributed by atoms with Crippen LogP contribution in [0, 0.1) is 5.92 Å². The summed E-state index contributed by atoms with van der Waals surface area (Å²) in [6, 6.07) is 26.7. The molecule has 0 aromatic heterocycles. The third kappa shape index (κ3) is 6.21. The maximum Gasteiger partial charge on any atom is 0.253 e. The van der Waals surface area contributed by atoms with Crippen LogP contribution in [0.15, 0.2) is 84.9 Å². The number of nitrogens with one attached hydrogen (secondary N) is 2. The predicted molar refractivity (Wildman–Crippen MR) is 130 cm³/mol. The van der Waals surface area contributed by atoms with E-state index >= 15 is 0 Å². The predicted octanol–water partition coefficient (Wildman–Crippen LogP) is 5.43. The first-order valence-corrected chi connectivity index (χ1v) is 11.3. The summed E-state index contributed by atoms with van der Waals surface area (Å²) < 4.78 is 0. The highest BCUT2D eigenvalue weighted by atomic mass is 35.5. The molecule has 0 spiro atoms. The van der Waals surface area contributed by atoms with Gasteiger partial charge in [-0.15, -0.1) is 0 Å². The van der Waals surface area contributed by atoms with Gasteiger partial charge in [-0.25, -0.2) is 0 Å². The summed E-state index contributed by atoms with van der Waals surface area (Å²) in [5.41, 5.74) is 2.78. The van der Waals surface area contributed by atoms with Crippen molar-refractivity contribution in [3.63, 3.8) is 0 Å². The van der Waals surface area contributed by atoms with Crippen LogP contribution in [-0.4, -0.2) is 24.4 Å². The monoisotopic (exact) mass is 448 g/mol. The molecule has 1 atom stereocenters. The molecule has 32 heavy (non-hydrogen) atoms. The van der Waals surface area contributed by atoms with Crippen molar-refractivity contribution in [3.05, 3.63) is 107 Å².